The summed E-state index contributed by atoms with van der Waals surface area (Å²) in [6.45, 7) is 1.26. The first-order valence-electron chi connectivity index (χ1n) is 7.19. The first-order chi connectivity index (χ1) is 10.1. The van der Waals surface area contributed by atoms with E-state index in [0.717, 1.165) is 48.1 Å². The van der Waals surface area contributed by atoms with Gasteiger partial charge in [0.2, 0.25) is 0 Å². The Morgan fingerprint density at radius 3 is 2.48 bits per heavy atom. The quantitative estimate of drug-likeness (QED) is 0.891. The molecule has 2 aliphatic heterocycles. The second-order valence-corrected chi connectivity index (χ2v) is 5.84. The highest BCUT2D eigenvalue weighted by molar-refractivity contribution is 6.33. The number of halogens is 1. The van der Waals surface area contributed by atoms with Crippen LogP contribution in [0.15, 0.2) is 0 Å². The number of hydrogen-bond acceptors (Lipinski definition) is 4. The summed E-state index contributed by atoms with van der Waals surface area (Å²) in [6.07, 6.45) is 3.65. The molecular formula is C15H18ClNO4. The van der Waals surface area contributed by atoms with Gasteiger partial charge in [-0.15, -0.1) is 0 Å². The van der Waals surface area contributed by atoms with Crippen molar-refractivity contribution in [2.75, 3.05) is 13.2 Å². The summed E-state index contributed by atoms with van der Waals surface area (Å²) in [7, 11) is 0. The molecule has 114 valence electrons. The van der Waals surface area contributed by atoms with Gasteiger partial charge in [0.05, 0.1) is 18.2 Å². The van der Waals surface area contributed by atoms with Gasteiger partial charge in [-0.25, -0.2) is 0 Å². The van der Waals surface area contributed by atoms with E-state index in [-0.39, 0.29) is 6.42 Å². The Morgan fingerprint density at radius 1 is 1.19 bits per heavy atom. The summed E-state index contributed by atoms with van der Waals surface area (Å²) < 4.78 is 11.5. The van der Waals surface area contributed by atoms with E-state index in [1.165, 1.54) is 0 Å². The number of benzene rings is 1. The van der Waals surface area contributed by atoms with Gasteiger partial charge in [0.1, 0.15) is 17.5 Å². The molecule has 2 aliphatic rings. The largest absolute Gasteiger partial charge is 0.493 e. The average molecular weight is 312 g/mol. The van der Waals surface area contributed by atoms with E-state index in [1.807, 2.05) is 0 Å². The lowest BCUT2D eigenvalue weighted by Gasteiger charge is -2.29. The van der Waals surface area contributed by atoms with Crippen molar-refractivity contribution in [1.29, 1.82) is 0 Å². The number of aliphatic carboxylic acids is 1. The number of carboxylic acid groups (broad SMARTS) is 1. The van der Waals surface area contributed by atoms with Crippen LogP contribution in [0, 0.1) is 0 Å². The minimum absolute atomic E-state index is 0.237. The van der Waals surface area contributed by atoms with Crippen molar-refractivity contribution in [1.82, 2.24) is 0 Å². The molecule has 1 unspecified atom stereocenters. The van der Waals surface area contributed by atoms with Crippen LogP contribution in [-0.2, 0) is 24.1 Å². The minimum atomic E-state index is -1.01. The highest BCUT2D eigenvalue weighted by Crippen LogP contribution is 2.46. The smallest absolute Gasteiger partial charge is 0.320 e. The van der Waals surface area contributed by atoms with Crippen molar-refractivity contribution < 1.29 is 19.4 Å². The van der Waals surface area contributed by atoms with Crippen molar-refractivity contribution in [2.24, 2.45) is 5.73 Å². The molecule has 0 aromatic heterocycles. The van der Waals surface area contributed by atoms with Crippen LogP contribution in [0.1, 0.15) is 29.5 Å². The molecule has 21 heavy (non-hydrogen) atoms. The summed E-state index contributed by atoms with van der Waals surface area (Å²) >= 11 is 6.46. The maximum absolute atomic E-state index is 11.1. The summed E-state index contributed by atoms with van der Waals surface area (Å²) in [4.78, 5) is 11.1. The molecule has 0 saturated heterocycles. The molecule has 0 aliphatic carbocycles. The van der Waals surface area contributed by atoms with Gasteiger partial charge in [0, 0.05) is 23.1 Å². The van der Waals surface area contributed by atoms with Crippen LogP contribution in [0.3, 0.4) is 0 Å². The zero-order valence-corrected chi connectivity index (χ0v) is 12.4. The van der Waals surface area contributed by atoms with Gasteiger partial charge in [0.25, 0.3) is 0 Å². The first kappa shape index (κ1) is 14.5. The maximum atomic E-state index is 11.1. The molecule has 2 heterocycles. The second kappa shape index (κ2) is 5.73. The summed E-state index contributed by atoms with van der Waals surface area (Å²) in [5.74, 6) is 0.409. The normalized spacial score (nSPS) is 18.0. The predicted octanol–water partition coefficient (Wildman–Crippen LogP) is 1.94. The summed E-state index contributed by atoms with van der Waals surface area (Å²) in [6, 6.07) is -0.952. The van der Waals surface area contributed by atoms with Crippen molar-refractivity contribution in [3.8, 4) is 11.5 Å². The number of carboxylic acids is 1. The van der Waals surface area contributed by atoms with Crippen molar-refractivity contribution in [2.45, 2.75) is 38.1 Å². The number of rotatable bonds is 3. The molecular weight excluding hydrogens is 294 g/mol. The fourth-order valence-corrected chi connectivity index (χ4v) is 3.36. The monoisotopic (exact) mass is 311 g/mol. The molecule has 5 nitrogen and oxygen atoms in total. The molecule has 3 N–H and O–H groups in total. The molecule has 0 amide bonds. The zero-order chi connectivity index (χ0) is 15.0. The minimum Gasteiger partial charge on any atom is -0.493 e. The third-order valence-corrected chi connectivity index (χ3v) is 4.43. The molecule has 1 aromatic carbocycles. The maximum Gasteiger partial charge on any atom is 0.320 e. The zero-order valence-electron chi connectivity index (χ0n) is 11.7. The van der Waals surface area contributed by atoms with Crippen LogP contribution in [-0.4, -0.2) is 30.3 Å². The van der Waals surface area contributed by atoms with E-state index in [1.54, 1.807) is 0 Å². The van der Waals surface area contributed by atoms with E-state index in [2.05, 4.69) is 0 Å². The van der Waals surface area contributed by atoms with E-state index in [4.69, 9.17) is 31.9 Å². The topological polar surface area (TPSA) is 81.8 Å². The fourth-order valence-electron chi connectivity index (χ4n) is 3.01. The van der Waals surface area contributed by atoms with Gasteiger partial charge >= 0.3 is 5.97 Å². The fraction of sp³-hybridized carbons (Fsp3) is 0.533. The highest BCUT2D eigenvalue weighted by atomic mass is 35.5. The first-order valence-corrected chi connectivity index (χ1v) is 7.57. The van der Waals surface area contributed by atoms with Crippen molar-refractivity contribution in [3.05, 3.63) is 21.7 Å². The Kier molecular flexibility index (Phi) is 3.95. The van der Waals surface area contributed by atoms with Crippen LogP contribution < -0.4 is 15.2 Å². The van der Waals surface area contributed by atoms with Gasteiger partial charge in [0.15, 0.2) is 0 Å². The lowest BCUT2D eigenvalue weighted by molar-refractivity contribution is -0.138. The Balaban J connectivity index is 2.13. The van der Waals surface area contributed by atoms with Crippen LogP contribution in [0.2, 0.25) is 5.02 Å². The molecule has 0 fully saturated rings. The van der Waals surface area contributed by atoms with Crippen LogP contribution in [0.4, 0.5) is 0 Å². The molecule has 0 radical (unpaired) electrons. The van der Waals surface area contributed by atoms with Crippen LogP contribution in [0.25, 0.3) is 0 Å². The molecule has 0 saturated carbocycles. The van der Waals surface area contributed by atoms with Gasteiger partial charge in [-0.1, -0.05) is 11.6 Å². The molecule has 1 aromatic rings. The van der Waals surface area contributed by atoms with Gasteiger partial charge in [-0.3, -0.25) is 4.79 Å². The lowest BCUT2D eigenvalue weighted by atomic mass is 9.90. The molecule has 3 rings (SSSR count). The third kappa shape index (κ3) is 2.56. The third-order valence-electron chi connectivity index (χ3n) is 4.03. The number of ether oxygens (including phenoxy) is 2. The van der Waals surface area contributed by atoms with E-state index < -0.39 is 12.0 Å². The number of hydrogen-bond donors (Lipinski definition) is 2. The van der Waals surface area contributed by atoms with Gasteiger partial charge < -0.3 is 20.3 Å². The van der Waals surface area contributed by atoms with Crippen molar-refractivity contribution >= 4 is 17.6 Å². The highest BCUT2D eigenvalue weighted by Gasteiger charge is 2.30. The predicted molar refractivity (Wildman–Crippen MR) is 78.4 cm³/mol. The molecule has 0 spiro atoms. The van der Waals surface area contributed by atoms with Gasteiger partial charge in [-0.2, -0.15) is 0 Å². The standard InChI is InChI=1S/C15H18ClNO4/c16-12-9-4-2-5-20-13(9)10(7-11(17)15(18)19)8-3-1-6-21-14(8)12/h11H,1-7,17H2,(H,18,19). The number of nitrogens with two attached hydrogens (primary N) is 1. The number of carbonyl (C=O) groups is 1. The SMILES string of the molecule is NC(Cc1c2c(c(Cl)c3c1OCCC3)OCCC2)C(=O)O. The summed E-state index contributed by atoms with van der Waals surface area (Å²) in [5, 5.41) is 9.70. The Bertz CT molecular complexity index is 551. The number of fused-ring (bicyclic) bond motifs is 2. The lowest BCUT2D eigenvalue weighted by Crippen LogP contribution is -2.33. The van der Waals surface area contributed by atoms with E-state index in [9.17, 15) is 4.79 Å². The Morgan fingerprint density at radius 2 is 1.81 bits per heavy atom. The van der Waals surface area contributed by atoms with Crippen molar-refractivity contribution in [3.63, 3.8) is 0 Å². The Hall–Kier alpha value is -1.46. The Labute approximate surface area is 128 Å². The van der Waals surface area contributed by atoms with E-state index >= 15 is 0 Å². The molecule has 6 heteroatoms. The van der Waals surface area contributed by atoms with Crippen LogP contribution >= 0.6 is 11.6 Å². The summed E-state index contributed by atoms with van der Waals surface area (Å²) in [5.41, 5.74) is 8.47. The second-order valence-electron chi connectivity index (χ2n) is 5.46. The average Bonchev–Trinajstić information content (AvgIpc) is 2.51. The molecule has 1 atom stereocenters. The molecule has 0 bridgehead atoms. The van der Waals surface area contributed by atoms with Crippen LogP contribution in [0.5, 0.6) is 11.5 Å². The van der Waals surface area contributed by atoms with Gasteiger partial charge in [-0.05, 0) is 25.7 Å². The van der Waals surface area contributed by atoms with E-state index in [0.29, 0.717) is 24.0 Å².